The lowest BCUT2D eigenvalue weighted by atomic mass is 10.1. The number of Topliss-reactive ketones (excluding diaryl/α,β-unsaturated/α-hetero) is 1. The highest BCUT2D eigenvalue weighted by molar-refractivity contribution is 5.75. The second-order valence-electron chi connectivity index (χ2n) is 4.52. The standard InChI is InChI=1S/C15H23NO2/c1-4-18-15-8-7-14(10-12(15)2)11-16-9-5-6-13(3)17/h7-8,10,16H,4-6,9,11H2,1-3H3. The molecule has 0 unspecified atom stereocenters. The molecule has 0 bridgehead atoms. The van der Waals surface area contributed by atoms with Crippen LogP contribution < -0.4 is 10.1 Å². The van der Waals surface area contributed by atoms with E-state index in [-0.39, 0.29) is 5.78 Å². The van der Waals surface area contributed by atoms with Crippen LogP contribution in [0, 0.1) is 6.92 Å². The van der Waals surface area contributed by atoms with Crippen LogP contribution in [0.1, 0.15) is 37.8 Å². The van der Waals surface area contributed by atoms with Crippen LogP contribution in [-0.2, 0) is 11.3 Å². The molecule has 0 atom stereocenters. The Morgan fingerprint density at radius 2 is 2.17 bits per heavy atom. The van der Waals surface area contributed by atoms with E-state index in [9.17, 15) is 4.79 Å². The van der Waals surface area contributed by atoms with E-state index < -0.39 is 0 Å². The summed E-state index contributed by atoms with van der Waals surface area (Å²) in [5.74, 6) is 1.21. The van der Waals surface area contributed by atoms with E-state index in [2.05, 4.69) is 24.4 Å². The lowest BCUT2D eigenvalue weighted by molar-refractivity contribution is -0.117. The molecule has 0 radical (unpaired) electrons. The monoisotopic (exact) mass is 249 g/mol. The molecule has 0 spiro atoms. The molecule has 18 heavy (non-hydrogen) atoms. The molecule has 1 aromatic carbocycles. The van der Waals surface area contributed by atoms with Gasteiger partial charge >= 0.3 is 0 Å². The van der Waals surface area contributed by atoms with Crippen LogP contribution >= 0.6 is 0 Å². The summed E-state index contributed by atoms with van der Waals surface area (Å²) in [6, 6.07) is 6.24. The number of nitrogens with one attached hydrogen (secondary N) is 1. The summed E-state index contributed by atoms with van der Waals surface area (Å²) >= 11 is 0. The highest BCUT2D eigenvalue weighted by Gasteiger charge is 2.00. The van der Waals surface area contributed by atoms with Crippen molar-refractivity contribution in [1.29, 1.82) is 0 Å². The molecule has 0 aliphatic rings. The first-order valence-corrected chi connectivity index (χ1v) is 6.56. The fourth-order valence-electron chi connectivity index (χ4n) is 1.83. The average Bonchev–Trinajstić information content (AvgIpc) is 2.32. The van der Waals surface area contributed by atoms with E-state index in [0.29, 0.717) is 13.0 Å². The Bertz CT molecular complexity index is 388. The van der Waals surface area contributed by atoms with Gasteiger partial charge in [-0.3, -0.25) is 0 Å². The predicted molar refractivity (Wildman–Crippen MR) is 74.0 cm³/mol. The van der Waals surface area contributed by atoms with Gasteiger partial charge in [-0.05, 0) is 50.9 Å². The first kappa shape index (κ1) is 14.7. The number of carbonyl (C=O) groups is 1. The van der Waals surface area contributed by atoms with Gasteiger partial charge in [-0.2, -0.15) is 0 Å². The van der Waals surface area contributed by atoms with Crippen LogP contribution in [-0.4, -0.2) is 18.9 Å². The number of carbonyl (C=O) groups excluding carboxylic acids is 1. The van der Waals surface area contributed by atoms with Crippen molar-refractivity contribution in [3.8, 4) is 5.75 Å². The molecule has 3 heteroatoms. The maximum absolute atomic E-state index is 10.8. The summed E-state index contributed by atoms with van der Waals surface area (Å²) in [7, 11) is 0. The molecule has 1 aromatic rings. The summed E-state index contributed by atoms with van der Waals surface area (Å²) < 4.78 is 5.50. The summed E-state index contributed by atoms with van der Waals surface area (Å²) in [6.07, 6.45) is 1.57. The van der Waals surface area contributed by atoms with Gasteiger partial charge in [-0.1, -0.05) is 12.1 Å². The van der Waals surface area contributed by atoms with Gasteiger partial charge in [-0.25, -0.2) is 0 Å². The van der Waals surface area contributed by atoms with Gasteiger partial charge in [0.15, 0.2) is 0 Å². The van der Waals surface area contributed by atoms with Crippen LogP contribution in [0.15, 0.2) is 18.2 Å². The Morgan fingerprint density at radius 1 is 1.39 bits per heavy atom. The van der Waals surface area contributed by atoms with E-state index in [1.165, 1.54) is 11.1 Å². The number of rotatable bonds is 8. The third-order valence-corrected chi connectivity index (χ3v) is 2.75. The summed E-state index contributed by atoms with van der Waals surface area (Å²) in [4.78, 5) is 10.8. The van der Waals surface area contributed by atoms with Crippen molar-refractivity contribution in [3.05, 3.63) is 29.3 Å². The van der Waals surface area contributed by atoms with Gasteiger partial charge in [0.25, 0.3) is 0 Å². The average molecular weight is 249 g/mol. The lowest BCUT2D eigenvalue weighted by Gasteiger charge is -2.09. The van der Waals surface area contributed by atoms with Gasteiger partial charge in [-0.15, -0.1) is 0 Å². The van der Waals surface area contributed by atoms with Crippen molar-refractivity contribution in [2.45, 2.75) is 40.2 Å². The zero-order valence-electron chi connectivity index (χ0n) is 11.6. The molecule has 0 saturated carbocycles. The molecule has 1 N–H and O–H groups in total. The van der Waals surface area contributed by atoms with Crippen LogP contribution in [0.2, 0.25) is 0 Å². The fourth-order valence-corrected chi connectivity index (χ4v) is 1.83. The fraction of sp³-hybridized carbons (Fsp3) is 0.533. The molecule has 1 rings (SSSR count). The van der Waals surface area contributed by atoms with Crippen LogP contribution in [0.5, 0.6) is 5.75 Å². The number of hydrogen-bond donors (Lipinski definition) is 1. The first-order valence-electron chi connectivity index (χ1n) is 6.56. The number of benzene rings is 1. The Kier molecular flexibility index (Phi) is 6.44. The van der Waals surface area contributed by atoms with Crippen LogP contribution in [0.3, 0.4) is 0 Å². The van der Waals surface area contributed by atoms with Crippen LogP contribution in [0.4, 0.5) is 0 Å². The molecule has 0 aliphatic carbocycles. The third-order valence-electron chi connectivity index (χ3n) is 2.75. The van der Waals surface area contributed by atoms with Crippen molar-refractivity contribution in [2.75, 3.05) is 13.2 Å². The Balaban J connectivity index is 2.34. The van der Waals surface area contributed by atoms with Crippen molar-refractivity contribution in [2.24, 2.45) is 0 Å². The quantitative estimate of drug-likeness (QED) is 0.720. The van der Waals surface area contributed by atoms with Crippen molar-refractivity contribution < 1.29 is 9.53 Å². The first-order chi connectivity index (χ1) is 8.63. The molecular weight excluding hydrogens is 226 g/mol. The van der Waals surface area contributed by atoms with Gasteiger partial charge in [0.05, 0.1) is 6.61 Å². The number of ether oxygens (including phenoxy) is 1. The zero-order valence-corrected chi connectivity index (χ0v) is 11.6. The molecular formula is C15H23NO2. The normalized spacial score (nSPS) is 10.4. The van der Waals surface area contributed by atoms with E-state index in [1.807, 2.05) is 13.0 Å². The van der Waals surface area contributed by atoms with E-state index in [0.717, 1.165) is 25.3 Å². The van der Waals surface area contributed by atoms with Crippen LogP contribution in [0.25, 0.3) is 0 Å². The topological polar surface area (TPSA) is 38.3 Å². The Hall–Kier alpha value is -1.35. The molecule has 100 valence electrons. The second-order valence-corrected chi connectivity index (χ2v) is 4.52. The predicted octanol–water partition coefficient (Wildman–Crippen LogP) is 2.85. The molecule has 3 nitrogen and oxygen atoms in total. The maximum atomic E-state index is 10.8. The molecule has 0 amide bonds. The lowest BCUT2D eigenvalue weighted by Crippen LogP contribution is -2.15. The maximum Gasteiger partial charge on any atom is 0.129 e. The van der Waals surface area contributed by atoms with E-state index in [1.54, 1.807) is 6.92 Å². The van der Waals surface area contributed by atoms with Gasteiger partial charge in [0.2, 0.25) is 0 Å². The summed E-state index contributed by atoms with van der Waals surface area (Å²) in [5, 5.41) is 3.34. The zero-order chi connectivity index (χ0) is 13.4. The molecule has 0 heterocycles. The number of ketones is 1. The summed E-state index contributed by atoms with van der Waals surface area (Å²) in [6.45, 7) is 8.10. The molecule has 0 fully saturated rings. The SMILES string of the molecule is CCOc1ccc(CNCCCC(C)=O)cc1C. The highest BCUT2D eigenvalue weighted by atomic mass is 16.5. The molecule has 0 saturated heterocycles. The summed E-state index contributed by atoms with van der Waals surface area (Å²) in [5.41, 5.74) is 2.42. The van der Waals surface area contributed by atoms with E-state index in [4.69, 9.17) is 4.74 Å². The Morgan fingerprint density at radius 3 is 2.78 bits per heavy atom. The second kappa shape index (κ2) is 7.88. The van der Waals surface area contributed by atoms with Gasteiger partial charge in [0.1, 0.15) is 11.5 Å². The van der Waals surface area contributed by atoms with Gasteiger partial charge < -0.3 is 14.8 Å². The minimum atomic E-state index is 0.258. The smallest absolute Gasteiger partial charge is 0.129 e. The highest BCUT2D eigenvalue weighted by Crippen LogP contribution is 2.18. The van der Waals surface area contributed by atoms with E-state index >= 15 is 0 Å². The largest absolute Gasteiger partial charge is 0.494 e. The van der Waals surface area contributed by atoms with Crippen molar-refractivity contribution >= 4 is 5.78 Å². The van der Waals surface area contributed by atoms with Crippen molar-refractivity contribution in [3.63, 3.8) is 0 Å². The van der Waals surface area contributed by atoms with Gasteiger partial charge in [0, 0.05) is 13.0 Å². The van der Waals surface area contributed by atoms with Crippen molar-refractivity contribution in [1.82, 2.24) is 5.32 Å². The minimum absolute atomic E-state index is 0.258. The molecule has 0 aromatic heterocycles. The third kappa shape index (κ3) is 5.32. The number of hydrogen-bond acceptors (Lipinski definition) is 3. The number of aryl methyl sites for hydroxylation is 1. The minimum Gasteiger partial charge on any atom is -0.494 e. The Labute approximate surface area is 110 Å². The molecule has 0 aliphatic heterocycles.